The van der Waals surface area contributed by atoms with Crippen molar-refractivity contribution in [2.24, 2.45) is 17.8 Å². The van der Waals surface area contributed by atoms with Gasteiger partial charge in [-0.25, -0.2) is 0 Å². The SMILES string of the molecule is CC1CCC(C(C)C)C(OC(=O)CN2CCOCC2)C1. The van der Waals surface area contributed by atoms with Crippen LogP contribution in [-0.2, 0) is 14.3 Å². The highest BCUT2D eigenvalue weighted by atomic mass is 16.5. The van der Waals surface area contributed by atoms with Crippen LogP contribution in [0.4, 0.5) is 0 Å². The lowest BCUT2D eigenvalue weighted by Gasteiger charge is -2.37. The first-order valence-electron chi connectivity index (χ1n) is 8.06. The number of esters is 1. The first-order valence-corrected chi connectivity index (χ1v) is 8.06. The highest BCUT2D eigenvalue weighted by molar-refractivity contribution is 5.71. The molecule has 20 heavy (non-hydrogen) atoms. The number of ether oxygens (including phenoxy) is 2. The fourth-order valence-electron chi connectivity index (χ4n) is 3.40. The van der Waals surface area contributed by atoms with Crippen molar-refractivity contribution in [3.8, 4) is 0 Å². The maximum atomic E-state index is 12.1. The molecule has 3 unspecified atom stereocenters. The van der Waals surface area contributed by atoms with Gasteiger partial charge < -0.3 is 9.47 Å². The van der Waals surface area contributed by atoms with Crippen LogP contribution in [0.25, 0.3) is 0 Å². The van der Waals surface area contributed by atoms with Gasteiger partial charge in [-0.15, -0.1) is 0 Å². The van der Waals surface area contributed by atoms with E-state index in [9.17, 15) is 4.79 Å². The lowest BCUT2D eigenvalue weighted by atomic mass is 9.75. The average Bonchev–Trinajstić information content (AvgIpc) is 2.39. The van der Waals surface area contributed by atoms with E-state index >= 15 is 0 Å². The van der Waals surface area contributed by atoms with E-state index < -0.39 is 0 Å². The van der Waals surface area contributed by atoms with Gasteiger partial charge in [0.2, 0.25) is 0 Å². The Bertz CT molecular complexity index is 313. The summed E-state index contributed by atoms with van der Waals surface area (Å²) in [6, 6.07) is 0. The Balaban J connectivity index is 1.83. The molecular formula is C16H29NO3. The molecule has 1 saturated carbocycles. The third kappa shape index (κ3) is 4.45. The summed E-state index contributed by atoms with van der Waals surface area (Å²) >= 11 is 0. The molecule has 0 radical (unpaired) electrons. The fraction of sp³-hybridized carbons (Fsp3) is 0.938. The summed E-state index contributed by atoms with van der Waals surface area (Å²) in [6.45, 7) is 10.3. The molecule has 3 atom stereocenters. The van der Waals surface area contributed by atoms with E-state index in [4.69, 9.17) is 9.47 Å². The largest absolute Gasteiger partial charge is 0.461 e. The monoisotopic (exact) mass is 283 g/mol. The summed E-state index contributed by atoms with van der Waals surface area (Å²) in [7, 11) is 0. The number of morpholine rings is 1. The lowest BCUT2D eigenvalue weighted by molar-refractivity contribution is -0.158. The molecule has 0 aromatic carbocycles. The highest BCUT2D eigenvalue weighted by Crippen LogP contribution is 2.35. The summed E-state index contributed by atoms with van der Waals surface area (Å²) in [5.74, 6) is 1.73. The maximum absolute atomic E-state index is 12.1. The summed E-state index contributed by atoms with van der Waals surface area (Å²) in [6.07, 6.45) is 3.60. The fourth-order valence-corrected chi connectivity index (χ4v) is 3.40. The minimum Gasteiger partial charge on any atom is -0.461 e. The molecule has 0 spiro atoms. The zero-order valence-corrected chi connectivity index (χ0v) is 13.1. The second kappa shape index (κ2) is 7.41. The van der Waals surface area contributed by atoms with E-state index in [0.717, 1.165) is 32.7 Å². The minimum absolute atomic E-state index is 0.0587. The van der Waals surface area contributed by atoms with E-state index in [1.807, 2.05) is 0 Å². The molecule has 2 aliphatic rings. The third-order valence-electron chi connectivity index (χ3n) is 4.70. The molecule has 0 bridgehead atoms. The molecule has 1 aliphatic heterocycles. The topological polar surface area (TPSA) is 38.8 Å². The van der Waals surface area contributed by atoms with Gasteiger partial charge >= 0.3 is 5.97 Å². The first-order chi connectivity index (χ1) is 9.56. The normalized spacial score (nSPS) is 32.3. The lowest BCUT2D eigenvalue weighted by Crippen LogP contribution is -2.42. The van der Waals surface area contributed by atoms with Crippen molar-refractivity contribution in [3.63, 3.8) is 0 Å². The van der Waals surface area contributed by atoms with Crippen LogP contribution in [0, 0.1) is 17.8 Å². The van der Waals surface area contributed by atoms with E-state index in [-0.39, 0.29) is 12.1 Å². The number of hydrogen-bond acceptors (Lipinski definition) is 4. The highest BCUT2D eigenvalue weighted by Gasteiger charge is 2.33. The van der Waals surface area contributed by atoms with Gasteiger partial charge in [0.1, 0.15) is 6.10 Å². The number of rotatable bonds is 4. The molecule has 1 heterocycles. The minimum atomic E-state index is -0.0587. The van der Waals surface area contributed by atoms with Gasteiger partial charge in [0.15, 0.2) is 0 Å². The third-order valence-corrected chi connectivity index (χ3v) is 4.70. The molecule has 0 aromatic rings. The number of carbonyl (C=O) groups is 1. The quantitative estimate of drug-likeness (QED) is 0.742. The molecule has 116 valence electrons. The van der Waals surface area contributed by atoms with Gasteiger partial charge in [-0.05, 0) is 30.6 Å². The van der Waals surface area contributed by atoms with Gasteiger partial charge in [0, 0.05) is 13.1 Å². The van der Waals surface area contributed by atoms with E-state index in [0.29, 0.717) is 24.3 Å². The number of hydrogen-bond donors (Lipinski definition) is 0. The molecule has 0 N–H and O–H groups in total. The summed E-state index contributed by atoms with van der Waals surface area (Å²) in [5, 5.41) is 0. The molecule has 0 amide bonds. The Labute approximate surface area is 122 Å². The standard InChI is InChI=1S/C16H29NO3/c1-12(2)14-5-4-13(3)10-15(14)20-16(18)11-17-6-8-19-9-7-17/h12-15H,4-11H2,1-3H3. The summed E-state index contributed by atoms with van der Waals surface area (Å²) in [4.78, 5) is 14.3. The van der Waals surface area contributed by atoms with Crippen molar-refractivity contribution in [1.29, 1.82) is 0 Å². The Morgan fingerprint density at radius 2 is 2.00 bits per heavy atom. The van der Waals surface area contributed by atoms with Crippen molar-refractivity contribution in [2.45, 2.75) is 46.1 Å². The van der Waals surface area contributed by atoms with Crippen LogP contribution in [0.1, 0.15) is 40.0 Å². The average molecular weight is 283 g/mol. The molecule has 2 rings (SSSR count). The summed E-state index contributed by atoms with van der Waals surface area (Å²) in [5.41, 5.74) is 0. The molecule has 4 nitrogen and oxygen atoms in total. The second-order valence-corrected chi connectivity index (χ2v) is 6.74. The maximum Gasteiger partial charge on any atom is 0.320 e. The van der Waals surface area contributed by atoms with Crippen molar-refractivity contribution in [3.05, 3.63) is 0 Å². The summed E-state index contributed by atoms with van der Waals surface area (Å²) < 4.78 is 11.1. The van der Waals surface area contributed by atoms with Gasteiger partial charge in [-0.3, -0.25) is 9.69 Å². The van der Waals surface area contributed by atoms with E-state index in [1.54, 1.807) is 0 Å². The zero-order valence-electron chi connectivity index (χ0n) is 13.1. The van der Waals surface area contributed by atoms with Crippen LogP contribution < -0.4 is 0 Å². The van der Waals surface area contributed by atoms with Crippen LogP contribution >= 0.6 is 0 Å². The Morgan fingerprint density at radius 1 is 1.30 bits per heavy atom. The first kappa shape index (κ1) is 15.8. The molecular weight excluding hydrogens is 254 g/mol. The van der Waals surface area contributed by atoms with Gasteiger partial charge in [0.25, 0.3) is 0 Å². The van der Waals surface area contributed by atoms with Crippen LogP contribution in [0.3, 0.4) is 0 Å². The Morgan fingerprint density at radius 3 is 2.65 bits per heavy atom. The molecule has 0 aromatic heterocycles. The van der Waals surface area contributed by atoms with Gasteiger partial charge in [-0.2, -0.15) is 0 Å². The Kier molecular flexibility index (Phi) is 5.85. The number of carbonyl (C=O) groups excluding carboxylic acids is 1. The van der Waals surface area contributed by atoms with E-state index in [2.05, 4.69) is 25.7 Å². The zero-order chi connectivity index (χ0) is 14.5. The predicted octanol–water partition coefficient (Wildman–Crippen LogP) is 2.32. The van der Waals surface area contributed by atoms with Crippen molar-refractivity contribution < 1.29 is 14.3 Å². The molecule has 2 fully saturated rings. The van der Waals surface area contributed by atoms with Crippen LogP contribution in [0.5, 0.6) is 0 Å². The number of nitrogens with zero attached hydrogens (tertiary/aromatic N) is 1. The molecule has 1 aliphatic carbocycles. The second-order valence-electron chi connectivity index (χ2n) is 6.74. The van der Waals surface area contributed by atoms with Crippen molar-refractivity contribution in [2.75, 3.05) is 32.8 Å². The van der Waals surface area contributed by atoms with Crippen LogP contribution in [0.15, 0.2) is 0 Å². The Hall–Kier alpha value is -0.610. The molecule has 1 saturated heterocycles. The van der Waals surface area contributed by atoms with Crippen LogP contribution in [-0.4, -0.2) is 49.8 Å². The predicted molar refractivity (Wildman–Crippen MR) is 78.5 cm³/mol. The van der Waals surface area contributed by atoms with Gasteiger partial charge in [0.05, 0.1) is 19.8 Å². The van der Waals surface area contributed by atoms with Gasteiger partial charge in [-0.1, -0.05) is 27.2 Å². The smallest absolute Gasteiger partial charge is 0.320 e. The van der Waals surface area contributed by atoms with E-state index in [1.165, 1.54) is 12.8 Å². The van der Waals surface area contributed by atoms with Crippen molar-refractivity contribution in [1.82, 2.24) is 4.90 Å². The molecule has 4 heteroatoms. The van der Waals surface area contributed by atoms with Crippen LogP contribution in [0.2, 0.25) is 0 Å². The van der Waals surface area contributed by atoms with Crippen molar-refractivity contribution >= 4 is 5.97 Å².